The fourth-order valence-corrected chi connectivity index (χ4v) is 2.53. The van der Waals surface area contributed by atoms with Crippen molar-refractivity contribution in [2.24, 2.45) is 10.9 Å². The first-order valence-electron chi connectivity index (χ1n) is 8.64. The smallest absolute Gasteiger partial charge is 0.193 e. The van der Waals surface area contributed by atoms with Gasteiger partial charge in [-0.3, -0.25) is 4.99 Å². The highest BCUT2D eigenvalue weighted by molar-refractivity contribution is 5.79. The van der Waals surface area contributed by atoms with Crippen LogP contribution in [0.15, 0.2) is 23.2 Å². The molecule has 136 valence electrons. The van der Waals surface area contributed by atoms with Crippen molar-refractivity contribution in [1.29, 1.82) is 0 Å². The maximum absolute atomic E-state index is 5.36. The number of hydrogen-bond acceptors (Lipinski definition) is 3. The second-order valence-electron chi connectivity index (χ2n) is 6.37. The van der Waals surface area contributed by atoms with Crippen molar-refractivity contribution in [1.82, 2.24) is 10.2 Å². The first-order chi connectivity index (χ1) is 11.5. The summed E-state index contributed by atoms with van der Waals surface area (Å²) in [6.07, 6.45) is 3.32. The first kappa shape index (κ1) is 20.1. The maximum atomic E-state index is 5.36. The van der Waals surface area contributed by atoms with Crippen molar-refractivity contribution in [3.63, 3.8) is 0 Å². The van der Waals surface area contributed by atoms with Crippen molar-refractivity contribution in [2.75, 3.05) is 41.4 Å². The minimum Gasteiger partial charge on any atom is -0.493 e. The zero-order valence-electron chi connectivity index (χ0n) is 16.1. The molecule has 1 N–H and O–H groups in total. The number of nitrogens with one attached hydrogen (secondary N) is 1. The van der Waals surface area contributed by atoms with Crippen LogP contribution in [-0.2, 0) is 6.42 Å². The lowest BCUT2D eigenvalue weighted by Crippen LogP contribution is -2.40. The van der Waals surface area contributed by atoms with E-state index >= 15 is 0 Å². The van der Waals surface area contributed by atoms with Crippen LogP contribution in [-0.4, -0.2) is 52.3 Å². The Labute approximate surface area is 147 Å². The minimum atomic E-state index is 0.747. The molecule has 0 atom stereocenters. The number of guanidine groups is 1. The van der Waals surface area contributed by atoms with Crippen molar-refractivity contribution < 1.29 is 9.47 Å². The van der Waals surface area contributed by atoms with Gasteiger partial charge in [-0.15, -0.1) is 0 Å². The monoisotopic (exact) mass is 335 g/mol. The van der Waals surface area contributed by atoms with E-state index in [1.54, 1.807) is 14.2 Å². The lowest BCUT2D eigenvalue weighted by molar-refractivity contribution is 0.354. The Balaban J connectivity index is 2.50. The first-order valence-corrected chi connectivity index (χ1v) is 8.64. The highest BCUT2D eigenvalue weighted by atomic mass is 16.5. The molecule has 0 amide bonds. The summed E-state index contributed by atoms with van der Waals surface area (Å²) < 4.78 is 10.6. The second-order valence-corrected chi connectivity index (χ2v) is 6.37. The van der Waals surface area contributed by atoms with E-state index in [0.717, 1.165) is 42.9 Å². The van der Waals surface area contributed by atoms with Crippen LogP contribution < -0.4 is 14.8 Å². The molecule has 1 aromatic carbocycles. The molecule has 0 saturated carbocycles. The summed E-state index contributed by atoms with van der Waals surface area (Å²) in [5.41, 5.74) is 1.22. The number of rotatable bonds is 9. The van der Waals surface area contributed by atoms with Crippen LogP contribution in [0.1, 0.15) is 32.3 Å². The van der Waals surface area contributed by atoms with E-state index < -0.39 is 0 Å². The van der Waals surface area contributed by atoms with Crippen LogP contribution in [0.3, 0.4) is 0 Å². The summed E-state index contributed by atoms with van der Waals surface area (Å²) in [5.74, 6) is 3.22. The molecule has 0 bridgehead atoms. The Hall–Kier alpha value is -1.91. The number of ether oxygens (including phenoxy) is 2. The Morgan fingerprint density at radius 2 is 1.92 bits per heavy atom. The maximum Gasteiger partial charge on any atom is 0.193 e. The van der Waals surface area contributed by atoms with E-state index in [1.807, 2.05) is 19.2 Å². The van der Waals surface area contributed by atoms with Crippen LogP contribution in [0.4, 0.5) is 0 Å². The average Bonchev–Trinajstić information content (AvgIpc) is 2.59. The predicted octanol–water partition coefficient (Wildman–Crippen LogP) is 3.19. The highest BCUT2D eigenvalue weighted by Gasteiger charge is 2.08. The zero-order valence-corrected chi connectivity index (χ0v) is 16.1. The molecule has 1 rings (SSSR count). The van der Waals surface area contributed by atoms with Gasteiger partial charge < -0.3 is 19.7 Å². The molecule has 24 heavy (non-hydrogen) atoms. The number of benzene rings is 1. The molecule has 5 nitrogen and oxygen atoms in total. The van der Waals surface area contributed by atoms with E-state index in [1.165, 1.54) is 18.4 Å². The van der Waals surface area contributed by atoms with E-state index in [0.29, 0.717) is 0 Å². The number of aliphatic imine (C=N–C) groups is 1. The van der Waals surface area contributed by atoms with Gasteiger partial charge in [0, 0.05) is 27.2 Å². The molecule has 0 fully saturated rings. The van der Waals surface area contributed by atoms with Crippen LogP contribution in [0, 0.1) is 5.92 Å². The third-order valence-corrected chi connectivity index (χ3v) is 4.00. The Morgan fingerprint density at radius 1 is 1.21 bits per heavy atom. The van der Waals surface area contributed by atoms with Crippen molar-refractivity contribution >= 4 is 5.96 Å². The van der Waals surface area contributed by atoms with Crippen molar-refractivity contribution in [3.8, 4) is 11.5 Å². The molecule has 5 heteroatoms. The molecule has 1 aromatic rings. The number of hydrogen-bond donors (Lipinski definition) is 1. The molecule has 0 heterocycles. The second kappa shape index (κ2) is 10.8. The van der Waals surface area contributed by atoms with Crippen molar-refractivity contribution in [2.45, 2.75) is 33.1 Å². The van der Waals surface area contributed by atoms with Crippen LogP contribution >= 0.6 is 0 Å². The molecule has 0 aliphatic heterocycles. The van der Waals surface area contributed by atoms with Gasteiger partial charge in [-0.05, 0) is 42.9 Å². The summed E-state index contributed by atoms with van der Waals surface area (Å²) in [6, 6.07) is 6.06. The lowest BCUT2D eigenvalue weighted by Gasteiger charge is -2.22. The Kier molecular flexibility index (Phi) is 9.05. The summed E-state index contributed by atoms with van der Waals surface area (Å²) in [6.45, 7) is 6.36. The van der Waals surface area contributed by atoms with Gasteiger partial charge in [0.1, 0.15) is 0 Å². The number of nitrogens with zero attached hydrogens (tertiary/aromatic N) is 2. The van der Waals surface area contributed by atoms with Gasteiger partial charge in [0.05, 0.1) is 14.2 Å². The van der Waals surface area contributed by atoms with Crippen molar-refractivity contribution in [3.05, 3.63) is 23.8 Å². The van der Waals surface area contributed by atoms with Gasteiger partial charge in [0.15, 0.2) is 17.5 Å². The molecular weight excluding hydrogens is 302 g/mol. The molecule has 0 spiro atoms. The normalized spacial score (nSPS) is 11.5. The van der Waals surface area contributed by atoms with E-state index in [9.17, 15) is 0 Å². The average molecular weight is 335 g/mol. The van der Waals surface area contributed by atoms with Gasteiger partial charge in [-0.25, -0.2) is 0 Å². The van der Waals surface area contributed by atoms with Gasteiger partial charge >= 0.3 is 0 Å². The van der Waals surface area contributed by atoms with Crippen LogP contribution in [0.2, 0.25) is 0 Å². The molecule has 0 radical (unpaired) electrons. The largest absolute Gasteiger partial charge is 0.493 e. The molecule has 0 aliphatic rings. The Bertz CT molecular complexity index is 515. The van der Waals surface area contributed by atoms with Gasteiger partial charge in [0.2, 0.25) is 0 Å². The van der Waals surface area contributed by atoms with E-state index in [-0.39, 0.29) is 0 Å². The van der Waals surface area contributed by atoms with E-state index in [2.05, 4.69) is 42.2 Å². The molecule has 0 aromatic heterocycles. The van der Waals surface area contributed by atoms with Gasteiger partial charge in [-0.1, -0.05) is 19.9 Å². The fourth-order valence-electron chi connectivity index (χ4n) is 2.53. The molecule has 0 saturated heterocycles. The van der Waals surface area contributed by atoms with Crippen LogP contribution in [0.25, 0.3) is 0 Å². The molecule has 0 aliphatic carbocycles. The summed E-state index contributed by atoms with van der Waals surface area (Å²) in [4.78, 5) is 6.52. The third-order valence-electron chi connectivity index (χ3n) is 4.00. The predicted molar refractivity (Wildman–Crippen MR) is 101 cm³/mol. The molecular formula is C19H33N3O2. The fraction of sp³-hybridized carbons (Fsp3) is 0.632. The number of methoxy groups -OCH3 is 2. The molecule has 0 unspecified atom stereocenters. The zero-order chi connectivity index (χ0) is 17.9. The van der Waals surface area contributed by atoms with Gasteiger partial charge in [-0.2, -0.15) is 0 Å². The summed E-state index contributed by atoms with van der Waals surface area (Å²) in [7, 11) is 7.22. The Morgan fingerprint density at radius 3 is 2.50 bits per heavy atom. The topological polar surface area (TPSA) is 46.1 Å². The van der Waals surface area contributed by atoms with E-state index in [4.69, 9.17) is 9.47 Å². The standard InChI is InChI=1S/C19H33N3O2/c1-15(2)8-7-12-21-19(20-3)22(4)13-11-16-9-10-17(23-5)18(14-16)24-6/h9-10,14-15H,7-8,11-13H2,1-6H3,(H,20,21). The summed E-state index contributed by atoms with van der Waals surface area (Å²) in [5, 5.41) is 3.43. The quantitative estimate of drug-likeness (QED) is 0.428. The van der Waals surface area contributed by atoms with Gasteiger partial charge in [0.25, 0.3) is 0 Å². The SMILES string of the molecule is CN=C(NCCCC(C)C)N(C)CCc1ccc(OC)c(OC)c1. The van der Waals surface area contributed by atoms with Crippen LogP contribution in [0.5, 0.6) is 11.5 Å². The highest BCUT2D eigenvalue weighted by Crippen LogP contribution is 2.27. The third kappa shape index (κ3) is 6.69. The minimum absolute atomic E-state index is 0.747. The lowest BCUT2D eigenvalue weighted by atomic mass is 10.1. The summed E-state index contributed by atoms with van der Waals surface area (Å²) >= 11 is 0. The number of likely N-dealkylation sites (N-methyl/N-ethyl adjacent to an activating group) is 1.